The highest BCUT2D eigenvalue weighted by molar-refractivity contribution is 5.97. The molecule has 1 aromatic heterocycles. The lowest BCUT2D eigenvalue weighted by Gasteiger charge is -2.07. The standard InChI is InChI=1S/C14H12FN3O6/c1-7-13(8(2)24-17-7)14(20)23-6-12(19)16-10-4-3-9(15)5-11(10)18(21)22/h3-5H,6H2,1-2H3,(H,16,19). The van der Waals surface area contributed by atoms with Crippen LogP contribution >= 0.6 is 0 Å². The summed E-state index contributed by atoms with van der Waals surface area (Å²) < 4.78 is 22.7. The molecule has 0 aliphatic carbocycles. The van der Waals surface area contributed by atoms with Crippen LogP contribution in [-0.4, -0.2) is 28.6 Å². The van der Waals surface area contributed by atoms with Gasteiger partial charge in [0.05, 0.1) is 16.7 Å². The number of ether oxygens (including phenoxy) is 1. The molecule has 0 spiro atoms. The summed E-state index contributed by atoms with van der Waals surface area (Å²) in [6.07, 6.45) is 0. The predicted octanol–water partition coefficient (Wildman–Crippen LogP) is 2.13. The zero-order chi connectivity index (χ0) is 17.9. The molecular formula is C14H12FN3O6. The van der Waals surface area contributed by atoms with Crippen molar-refractivity contribution in [3.05, 3.63) is 51.1 Å². The van der Waals surface area contributed by atoms with Gasteiger partial charge in [-0.05, 0) is 26.0 Å². The van der Waals surface area contributed by atoms with Crippen LogP contribution in [0.5, 0.6) is 0 Å². The first-order valence-corrected chi connectivity index (χ1v) is 6.63. The van der Waals surface area contributed by atoms with Crippen molar-refractivity contribution < 1.29 is 28.2 Å². The Bertz CT molecular complexity index is 797. The van der Waals surface area contributed by atoms with E-state index < -0.39 is 34.9 Å². The van der Waals surface area contributed by atoms with Gasteiger partial charge in [0.1, 0.15) is 22.8 Å². The molecule has 0 bridgehead atoms. The van der Waals surface area contributed by atoms with Crippen molar-refractivity contribution in [2.24, 2.45) is 0 Å². The zero-order valence-electron chi connectivity index (χ0n) is 12.7. The van der Waals surface area contributed by atoms with Gasteiger partial charge in [0.25, 0.3) is 11.6 Å². The monoisotopic (exact) mass is 337 g/mol. The Morgan fingerprint density at radius 3 is 2.71 bits per heavy atom. The third-order valence-corrected chi connectivity index (χ3v) is 3.00. The molecule has 0 atom stereocenters. The lowest BCUT2D eigenvalue weighted by atomic mass is 10.2. The average Bonchev–Trinajstić information content (AvgIpc) is 2.85. The van der Waals surface area contributed by atoms with Crippen molar-refractivity contribution in [2.75, 3.05) is 11.9 Å². The molecule has 2 aromatic rings. The number of aryl methyl sites for hydroxylation is 2. The number of benzene rings is 1. The Balaban J connectivity index is 2.02. The molecule has 0 unspecified atom stereocenters. The molecule has 0 saturated carbocycles. The van der Waals surface area contributed by atoms with Gasteiger partial charge in [-0.3, -0.25) is 14.9 Å². The van der Waals surface area contributed by atoms with Crippen molar-refractivity contribution in [3.63, 3.8) is 0 Å². The maximum absolute atomic E-state index is 13.0. The Morgan fingerprint density at radius 2 is 2.12 bits per heavy atom. The highest BCUT2D eigenvalue weighted by Gasteiger charge is 2.21. The number of nitro groups is 1. The SMILES string of the molecule is Cc1noc(C)c1C(=O)OCC(=O)Nc1ccc(F)cc1[N+](=O)[O-]. The summed E-state index contributed by atoms with van der Waals surface area (Å²) in [5.74, 6) is -2.20. The number of nitro benzene ring substituents is 1. The molecule has 1 N–H and O–H groups in total. The number of amides is 1. The van der Waals surface area contributed by atoms with Gasteiger partial charge in [-0.2, -0.15) is 0 Å². The van der Waals surface area contributed by atoms with Crippen molar-refractivity contribution >= 4 is 23.3 Å². The van der Waals surface area contributed by atoms with Gasteiger partial charge in [0.2, 0.25) is 0 Å². The summed E-state index contributed by atoms with van der Waals surface area (Å²) in [6, 6.07) is 2.67. The van der Waals surface area contributed by atoms with Crippen LogP contribution in [0.25, 0.3) is 0 Å². The fourth-order valence-electron chi connectivity index (χ4n) is 1.93. The molecule has 24 heavy (non-hydrogen) atoms. The second-order valence-electron chi connectivity index (χ2n) is 4.74. The number of rotatable bonds is 5. The molecule has 0 fully saturated rings. The first-order valence-electron chi connectivity index (χ1n) is 6.63. The number of hydrogen-bond acceptors (Lipinski definition) is 7. The number of aromatic nitrogens is 1. The van der Waals surface area contributed by atoms with Crippen LogP contribution in [-0.2, 0) is 9.53 Å². The third-order valence-electron chi connectivity index (χ3n) is 3.00. The van der Waals surface area contributed by atoms with Gasteiger partial charge in [-0.15, -0.1) is 0 Å². The number of carbonyl (C=O) groups excluding carboxylic acids is 2. The van der Waals surface area contributed by atoms with E-state index in [0.717, 1.165) is 12.1 Å². The van der Waals surface area contributed by atoms with Crippen LogP contribution in [0.3, 0.4) is 0 Å². The lowest BCUT2D eigenvalue weighted by molar-refractivity contribution is -0.384. The molecule has 0 aliphatic heterocycles. The molecular weight excluding hydrogens is 325 g/mol. The average molecular weight is 337 g/mol. The largest absolute Gasteiger partial charge is 0.452 e. The Morgan fingerprint density at radius 1 is 1.42 bits per heavy atom. The van der Waals surface area contributed by atoms with Gasteiger partial charge in [-0.25, -0.2) is 9.18 Å². The van der Waals surface area contributed by atoms with E-state index in [4.69, 9.17) is 9.26 Å². The maximum Gasteiger partial charge on any atom is 0.344 e. The molecule has 1 heterocycles. The van der Waals surface area contributed by atoms with E-state index in [1.807, 2.05) is 0 Å². The third kappa shape index (κ3) is 3.72. The number of anilines is 1. The molecule has 1 amide bonds. The normalized spacial score (nSPS) is 10.3. The molecule has 0 aliphatic rings. The Kier molecular flexibility index (Phi) is 4.87. The van der Waals surface area contributed by atoms with E-state index >= 15 is 0 Å². The number of carbonyl (C=O) groups is 2. The second kappa shape index (κ2) is 6.86. The first-order chi connectivity index (χ1) is 11.3. The van der Waals surface area contributed by atoms with Gasteiger partial charge in [-0.1, -0.05) is 5.16 Å². The summed E-state index contributed by atoms with van der Waals surface area (Å²) in [4.78, 5) is 33.6. The zero-order valence-corrected chi connectivity index (χ0v) is 12.7. The number of halogens is 1. The molecule has 0 radical (unpaired) electrons. The van der Waals surface area contributed by atoms with Gasteiger partial charge >= 0.3 is 5.97 Å². The molecule has 126 valence electrons. The van der Waals surface area contributed by atoms with Crippen molar-refractivity contribution in [3.8, 4) is 0 Å². The van der Waals surface area contributed by atoms with Crippen molar-refractivity contribution in [1.82, 2.24) is 5.16 Å². The minimum atomic E-state index is -0.839. The summed E-state index contributed by atoms with van der Waals surface area (Å²) in [5, 5.41) is 16.6. The van der Waals surface area contributed by atoms with Gasteiger partial charge in [0, 0.05) is 0 Å². The fraction of sp³-hybridized carbons (Fsp3) is 0.214. The van der Waals surface area contributed by atoms with E-state index in [1.54, 1.807) is 0 Å². The van der Waals surface area contributed by atoms with E-state index in [-0.39, 0.29) is 17.0 Å². The van der Waals surface area contributed by atoms with Gasteiger partial charge < -0.3 is 14.6 Å². The molecule has 1 aromatic carbocycles. The number of nitrogens with zero attached hydrogens (tertiary/aromatic N) is 2. The molecule has 9 nitrogen and oxygen atoms in total. The van der Waals surface area contributed by atoms with E-state index in [0.29, 0.717) is 11.8 Å². The van der Waals surface area contributed by atoms with Gasteiger partial charge in [0.15, 0.2) is 6.61 Å². The Hall–Kier alpha value is -3.30. The predicted molar refractivity (Wildman–Crippen MR) is 77.9 cm³/mol. The minimum Gasteiger partial charge on any atom is -0.452 e. The smallest absolute Gasteiger partial charge is 0.344 e. The topological polar surface area (TPSA) is 125 Å². The fourth-order valence-corrected chi connectivity index (χ4v) is 1.93. The van der Waals surface area contributed by atoms with Crippen LogP contribution in [0, 0.1) is 29.8 Å². The summed E-state index contributed by atoms with van der Waals surface area (Å²) in [5.41, 5.74) is -0.400. The molecule has 0 saturated heterocycles. The number of nitrogens with one attached hydrogen (secondary N) is 1. The highest BCUT2D eigenvalue weighted by atomic mass is 19.1. The van der Waals surface area contributed by atoms with Crippen LogP contribution in [0.1, 0.15) is 21.8 Å². The molecule has 2 rings (SSSR count). The summed E-state index contributed by atoms with van der Waals surface area (Å²) in [7, 11) is 0. The van der Waals surface area contributed by atoms with Crippen LogP contribution in [0.15, 0.2) is 22.7 Å². The lowest BCUT2D eigenvalue weighted by Crippen LogP contribution is -2.21. The van der Waals surface area contributed by atoms with Crippen molar-refractivity contribution in [1.29, 1.82) is 0 Å². The number of hydrogen-bond donors (Lipinski definition) is 1. The van der Waals surface area contributed by atoms with Crippen LogP contribution < -0.4 is 5.32 Å². The first kappa shape index (κ1) is 17.1. The summed E-state index contributed by atoms with van der Waals surface area (Å²) in [6.45, 7) is 2.37. The second-order valence-corrected chi connectivity index (χ2v) is 4.74. The van der Waals surface area contributed by atoms with Crippen molar-refractivity contribution in [2.45, 2.75) is 13.8 Å². The van der Waals surface area contributed by atoms with E-state index in [9.17, 15) is 24.1 Å². The molecule has 10 heteroatoms. The number of esters is 1. The van der Waals surface area contributed by atoms with E-state index in [1.165, 1.54) is 13.8 Å². The maximum atomic E-state index is 13.0. The quantitative estimate of drug-likeness (QED) is 0.503. The summed E-state index contributed by atoms with van der Waals surface area (Å²) >= 11 is 0. The highest BCUT2D eigenvalue weighted by Crippen LogP contribution is 2.24. The van der Waals surface area contributed by atoms with E-state index in [2.05, 4.69) is 10.5 Å². The Labute approximate surface area is 134 Å². The van der Waals surface area contributed by atoms with Crippen LogP contribution in [0.2, 0.25) is 0 Å². The minimum absolute atomic E-state index is 0.107. The van der Waals surface area contributed by atoms with Crippen LogP contribution in [0.4, 0.5) is 15.8 Å².